The quantitative estimate of drug-likeness (QED) is 0.188. The molecule has 0 spiro atoms. The smallest absolute Gasteiger partial charge is 0.309 e. The largest absolute Gasteiger partial charge is 0.481 e. The Kier molecular flexibility index (Phi) is 9.89. The van der Waals surface area contributed by atoms with Gasteiger partial charge in [0.25, 0.3) is 0 Å². The maximum absolute atomic E-state index is 15.0. The van der Waals surface area contributed by atoms with Gasteiger partial charge in [0.1, 0.15) is 6.10 Å². The Labute approximate surface area is 332 Å². The van der Waals surface area contributed by atoms with Gasteiger partial charge in [0.05, 0.1) is 17.3 Å². The number of hydrogen-bond acceptors (Lipinski definition) is 5. The van der Waals surface area contributed by atoms with Crippen LogP contribution in [0.2, 0.25) is 0 Å². The molecule has 12 atom stereocenters. The molecule has 7 fully saturated rings. The molecule has 8 heteroatoms. The number of nitrogens with one attached hydrogen (secondary N) is 1. The topological polar surface area (TPSA) is 113 Å². The second-order valence-electron chi connectivity index (χ2n) is 22.7. The molecule has 55 heavy (non-hydrogen) atoms. The van der Waals surface area contributed by atoms with Crippen LogP contribution in [0.3, 0.4) is 0 Å². The van der Waals surface area contributed by atoms with Gasteiger partial charge in [0, 0.05) is 30.5 Å². The number of esters is 1. The van der Waals surface area contributed by atoms with Gasteiger partial charge in [-0.05, 0) is 155 Å². The molecule has 4 unspecified atom stereocenters. The van der Waals surface area contributed by atoms with Gasteiger partial charge < -0.3 is 20.1 Å². The minimum Gasteiger partial charge on any atom is -0.481 e. The second-order valence-corrected chi connectivity index (χ2v) is 22.7. The Morgan fingerprint density at radius 2 is 1.49 bits per heavy atom. The molecular formula is C47H74N2O6. The lowest BCUT2D eigenvalue weighted by Crippen LogP contribution is -2.68. The summed E-state index contributed by atoms with van der Waals surface area (Å²) >= 11 is 0. The van der Waals surface area contributed by atoms with Crippen molar-refractivity contribution in [3.63, 3.8) is 0 Å². The number of carbonyl (C=O) groups excluding carboxylic acids is 3. The number of hydrogen-bond donors (Lipinski definition) is 2. The van der Waals surface area contributed by atoms with E-state index in [0.29, 0.717) is 23.7 Å². The molecule has 308 valence electrons. The summed E-state index contributed by atoms with van der Waals surface area (Å²) in [5.74, 6) is 1.12. The van der Waals surface area contributed by atoms with Gasteiger partial charge in [-0.15, -0.1) is 0 Å². The van der Waals surface area contributed by atoms with E-state index in [2.05, 4.69) is 67.3 Å². The van der Waals surface area contributed by atoms with Crippen LogP contribution < -0.4 is 5.32 Å². The fourth-order valence-electron chi connectivity index (χ4n) is 15.4. The van der Waals surface area contributed by atoms with Crippen LogP contribution in [-0.2, 0) is 23.9 Å². The highest BCUT2D eigenvalue weighted by molar-refractivity contribution is 5.86. The Bertz CT molecular complexity index is 1610. The molecule has 0 bridgehead atoms. The first kappa shape index (κ1) is 40.8. The summed E-state index contributed by atoms with van der Waals surface area (Å²) in [5.41, 5.74) is -0.482. The number of fused-ring (bicyclic) bond motifs is 7. The lowest BCUT2D eigenvalue weighted by molar-refractivity contribution is -0.249. The predicted octanol–water partition coefficient (Wildman–Crippen LogP) is 9.21. The SMILES string of the molecule is C=C(C)[C@@H]1CC[C@]2(C(=O)N[C@@H]3C[C@H](C(=O)N4CCCC4)C3(C)C)CC[C@]3(C)C(CCC4[C@@]5(C)CC[C@H](OC(=O)CC(C)(C)C(=O)O)C(C)(C)C5CC[C@]43C)C12. The minimum absolute atomic E-state index is 0.0199. The summed E-state index contributed by atoms with van der Waals surface area (Å²) in [6.45, 7) is 28.4. The average molecular weight is 763 g/mol. The number of allylic oxidation sites excluding steroid dienone is 1. The zero-order chi connectivity index (χ0) is 40.3. The van der Waals surface area contributed by atoms with Crippen molar-refractivity contribution in [3.8, 4) is 0 Å². The van der Waals surface area contributed by atoms with E-state index in [4.69, 9.17) is 4.74 Å². The fourth-order valence-corrected chi connectivity index (χ4v) is 15.4. The van der Waals surface area contributed by atoms with Crippen molar-refractivity contribution in [2.75, 3.05) is 13.1 Å². The van der Waals surface area contributed by atoms with E-state index < -0.39 is 22.8 Å². The van der Waals surface area contributed by atoms with Crippen LogP contribution in [-0.4, -0.2) is 59.0 Å². The lowest BCUT2D eigenvalue weighted by Gasteiger charge is -2.73. The number of carboxylic acid groups (broad SMARTS) is 1. The highest BCUT2D eigenvalue weighted by Gasteiger charge is 2.72. The number of ether oxygens (including phenoxy) is 1. The molecule has 1 heterocycles. The molecule has 7 aliphatic rings. The molecule has 1 saturated heterocycles. The normalized spacial score (nSPS) is 44.1. The summed E-state index contributed by atoms with van der Waals surface area (Å²) in [5, 5.41) is 13.3. The third-order valence-corrected chi connectivity index (χ3v) is 19.2. The first-order chi connectivity index (χ1) is 25.5. The van der Waals surface area contributed by atoms with E-state index >= 15 is 0 Å². The number of carboxylic acids is 1. The van der Waals surface area contributed by atoms with E-state index in [9.17, 15) is 24.3 Å². The number of rotatable bonds is 8. The van der Waals surface area contributed by atoms with E-state index in [-0.39, 0.29) is 69.3 Å². The van der Waals surface area contributed by atoms with Gasteiger partial charge in [-0.25, -0.2) is 0 Å². The molecule has 0 aromatic heterocycles. The molecule has 0 aromatic carbocycles. The van der Waals surface area contributed by atoms with Gasteiger partial charge >= 0.3 is 11.9 Å². The van der Waals surface area contributed by atoms with Crippen molar-refractivity contribution in [2.45, 2.75) is 171 Å². The summed E-state index contributed by atoms with van der Waals surface area (Å²) in [6.07, 6.45) is 12.8. The van der Waals surface area contributed by atoms with Crippen LogP contribution in [0.4, 0.5) is 0 Å². The Balaban J connectivity index is 1.11. The molecule has 7 rings (SSSR count). The van der Waals surface area contributed by atoms with Crippen molar-refractivity contribution >= 4 is 23.8 Å². The van der Waals surface area contributed by atoms with Gasteiger partial charge in [0.2, 0.25) is 11.8 Å². The average Bonchev–Trinajstić information content (AvgIpc) is 3.77. The second kappa shape index (κ2) is 13.3. The van der Waals surface area contributed by atoms with Crippen LogP contribution in [0, 0.1) is 73.4 Å². The first-order valence-electron chi connectivity index (χ1n) is 22.2. The fraction of sp³-hybridized carbons (Fsp3) is 0.872. The van der Waals surface area contributed by atoms with Gasteiger partial charge in [-0.2, -0.15) is 0 Å². The van der Waals surface area contributed by atoms with Crippen LogP contribution >= 0.6 is 0 Å². The van der Waals surface area contributed by atoms with Crippen LogP contribution in [0.15, 0.2) is 12.2 Å². The molecule has 6 saturated carbocycles. The van der Waals surface area contributed by atoms with Crippen LogP contribution in [0.1, 0.15) is 159 Å². The first-order valence-corrected chi connectivity index (χ1v) is 22.2. The molecule has 0 radical (unpaired) electrons. The summed E-state index contributed by atoms with van der Waals surface area (Å²) in [6, 6.07) is 0.0219. The van der Waals surface area contributed by atoms with Gasteiger partial charge in [-0.1, -0.05) is 60.6 Å². The highest BCUT2D eigenvalue weighted by Crippen LogP contribution is 2.77. The summed E-state index contributed by atoms with van der Waals surface area (Å²) < 4.78 is 6.19. The van der Waals surface area contributed by atoms with Crippen LogP contribution in [0.25, 0.3) is 0 Å². The minimum atomic E-state index is -1.16. The summed E-state index contributed by atoms with van der Waals surface area (Å²) in [7, 11) is 0. The third kappa shape index (κ3) is 5.91. The number of amides is 2. The Hall–Kier alpha value is -2.38. The molecule has 2 N–H and O–H groups in total. The zero-order valence-electron chi connectivity index (χ0n) is 36.1. The van der Waals surface area contributed by atoms with Crippen molar-refractivity contribution in [1.82, 2.24) is 10.2 Å². The molecule has 2 amide bonds. The maximum atomic E-state index is 15.0. The van der Waals surface area contributed by atoms with E-state index in [0.717, 1.165) is 96.6 Å². The highest BCUT2D eigenvalue weighted by atomic mass is 16.5. The number of aliphatic carboxylic acids is 1. The zero-order valence-corrected chi connectivity index (χ0v) is 36.1. The van der Waals surface area contributed by atoms with Crippen molar-refractivity contribution in [1.29, 1.82) is 0 Å². The van der Waals surface area contributed by atoms with Crippen LogP contribution in [0.5, 0.6) is 0 Å². The molecular weight excluding hydrogens is 689 g/mol. The van der Waals surface area contributed by atoms with E-state index in [1.165, 1.54) is 5.57 Å². The Morgan fingerprint density at radius 1 is 0.818 bits per heavy atom. The number of nitrogens with zero attached hydrogens (tertiary/aromatic N) is 1. The van der Waals surface area contributed by atoms with Crippen molar-refractivity contribution < 1.29 is 29.0 Å². The summed E-state index contributed by atoms with van der Waals surface area (Å²) in [4.78, 5) is 55.4. The molecule has 8 nitrogen and oxygen atoms in total. The maximum Gasteiger partial charge on any atom is 0.309 e. The number of carbonyl (C=O) groups is 4. The standard InChI is InChI=1S/C47H74N2O6/c1-28(2)29-16-21-47(39(52)48-34-26-31(42(34,5)6)38(51)49-24-12-13-25-49)23-22-45(10)30(37(29)47)14-15-33-44(9)19-18-35(55-36(50)27-41(3,4)40(53)54)43(7,8)32(44)17-20-46(33,45)11/h29-35,37H,1,12-27H2,2-11H3,(H,48,52)(H,53,54)/t29-,30?,31+,32?,33?,34+,35-,37?,44-,45+,46+,47-/m0/s1. The molecule has 6 aliphatic carbocycles. The van der Waals surface area contributed by atoms with Crippen molar-refractivity contribution in [3.05, 3.63) is 12.2 Å². The van der Waals surface area contributed by atoms with Gasteiger partial charge in [0.15, 0.2) is 0 Å². The van der Waals surface area contributed by atoms with E-state index in [1.54, 1.807) is 13.8 Å². The van der Waals surface area contributed by atoms with Crippen molar-refractivity contribution in [2.24, 2.45) is 73.4 Å². The van der Waals surface area contributed by atoms with Gasteiger partial charge in [-0.3, -0.25) is 19.2 Å². The Morgan fingerprint density at radius 3 is 2.11 bits per heavy atom. The number of likely N-dealkylation sites (tertiary alicyclic amines) is 1. The monoisotopic (exact) mass is 763 g/mol. The molecule has 1 aliphatic heterocycles. The van der Waals surface area contributed by atoms with E-state index in [1.807, 2.05) is 4.90 Å². The lowest BCUT2D eigenvalue weighted by atomic mass is 9.32. The third-order valence-electron chi connectivity index (χ3n) is 19.2. The predicted molar refractivity (Wildman–Crippen MR) is 215 cm³/mol. The molecule has 0 aromatic rings.